The number of amides is 1. The van der Waals surface area contributed by atoms with Crippen LogP contribution >= 0.6 is 11.8 Å². The second-order valence-electron chi connectivity index (χ2n) is 6.51. The molecule has 1 unspecified atom stereocenters. The van der Waals surface area contributed by atoms with E-state index in [1.807, 2.05) is 32.6 Å². The van der Waals surface area contributed by atoms with Gasteiger partial charge in [0.15, 0.2) is 0 Å². The number of aryl methyl sites for hydroxylation is 1. The van der Waals surface area contributed by atoms with Crippen LogP contribution in [0.3, 0.4) is 0 Å². The number of piperidine rings is 1. The van der Waals surface area contributed by atoms with E-state index in [2.05, 4.69) is 18.0 Å². The summed E-state index contributed by atoms with van der Waals surface area (Å²) in [6.07, 6.45) is 2.15. The molecule has 1 saturated heterocycles. The molecule has 1 aromatic rings. The molecule has 0 N–H and O–H groups in total. The van der Waals surface area contributed by atoms with Crippen molar-refractivity contribution in [1.82, 2.24) is 9.88 Å². The summed E-state index contributed by atoms with van der Waals surface area (Å²) < 4.78 is 0. The summed E-state index contributed by atoms with van der Waals surface area (Å²) >= 11 is 1.41. The molecule has 2 heterocycles. The number of thioether (sulfide) groups is 1. The minimum atomic E-state index is -0.218. The number of hydrogen-bond donors (Lipinski definition) is 0. The summed E-state index contributed by atoms with van der Waals surface area (Å²) in [7, 11) is 0. The topological polar surface area (TPSA) is 57.0 Å². The van der Waals surface area contributed by atoms with Crippen molar-refractivity contribution in [2.45, 2.75) is 57.7 Å². The van der Waals surface area contributed by atoms with Gasteiger partial charge in [0.05, 0.1) is 10.8 Å². The van der Waals surface area contributed by atoms with Gasteiger partial charge in [0.1, 0.15) is 11.1 Å². The molecule has 2 rings (SSSR count). The third kappa shape index (κ3) is 3.87. The zero-order valence-electron chi connectivity index (χ0n) is 14.6. The van der Waals surface area contributed by atoms with E-state index < -0.39 is 0 Å². The molecular formula is C18H25N3OS. The van der Waals surface area contributed by atoms with Gasteiger partial charge in [0.25, 0.3) is 0 Å². The standard InChI is InChI=1S/C18H25N3OS/c1-11-6-8-21(9-7-11)18(22)15(5)23-17-16(10-19)13(3)12(2)14(4)20-17/h11,15H,6-9H2,1-5H3. The second kappa shape index (κ2) is 7.35. The van der Waals surface area contributed by atoms with Crippen LogP contribution in [0.4, 0.5) is 0 Å². The number of likely N-dealkylation sites (tertiary alicyclic amines) is 1. The fourth-order valence-electron chi connectivity index (χ4n) is 2.83. The highest BCUT2D eigenvalue weighted by atomic mass is 32.2. The average Bonchev–Trinajstić information content (AvgIpc) is 2.53. The minimum absolute atomic E-state index is 0.156. The summed E-state index contributed by atoms with van der Waals surface area (Å²) in [4.78, 5) is 19.1. The predicted molar refractivity (Wildman–Crippen MR) is 93.5 cm³/mol. The molecule has 0 aromatic carbocycles. The van der Waals surface area contributed by atoms with E-state index >= 15 is 0 Å². The van der Waals surface area contributed by atoms with E-state index in [0.29, 0.717) is 16.5 Å². The summed E-state index contributed by atoms with van der Waals surface area (Å²) in [5.41, 5.74) is 3.55. The number of pyridine rings is 1. The van der Waals surface area contributed by atoms with Crippen LogP contribution in [0.5, 0.6) is 0 Å². The molecule has 1 aromatic heterocycles. The number of carbonyl (C=O) groups excluding carboxylic acids is 1. The second-order valence-corrected chi connectivity index (χ2v) is 7.84. The molecule has 0 saturated carbocycles. The third-order valence-corrected chi connectivity index (χ3v) is 5.88. The van der Waals surface area contributed by atoms with Gasteiger partial charge in [-0.15, -0.1) is 0 Å². The predicted octanol–water partition coefficient (Wildman–Crippen LogP) is 3.62. The molecule has 0 radical (unpaired) electrons. The van der Waals surface area contributed by atoms with Crippen molar-refractivity contribution in [2.24, 2.45) is 5.92 Å². The first-order valence-corrected chi connectivity index (χ1v) is 9.06. The van der Waals surface area contributed by atoms with E-state index in [0.717, 1.165) is 42.8 Å². The number of carbonyl (C=O) groups is 1. The molecule has 1 amide bonds. The van der Waals surface area contributed by atoms with Crippen molar-refractivity contribution < 1.29 is 4.79 Å². The molecule has 1 atom stereocenters. The number of nitriles is 1. The van der Waals surface area contributed by atoms with Gasteiger partial charge in [-0.25, -0.2) is 4.98 Å². The normalized spacial score (nSPS) is 17.0. The lowest BCUT2D eigenvalue weighted by atomic mass is 9.99. The first-order valence-electron chi connectivity index (χ1n) is 8.18. The molecule has 0 spiro atoms. The van der Waals surface area contributed by atoms with Gasteiger partial charge in [-0.2, -0.15) is 5.26 Å². The number of hydrogen-bond acceptors (Lipinski definition) is 4. The zero-order chi connectivity index (χ0) is 17.1. The van der Waals surface area contributed by atoms with Crippen LogP contribution in [0.1, 0.15) is 49.1 Å². The highest BCUT2D eigenvalue weighted by Crippen LogP contribution is 2.30. The van der Waals surface area contributed by atoms with Gasteiger partial charge in [0.2, 0.25) is 5.91 Å². The van der Waals surface area contributed by atoms with Gasteiger partial charge in [-0.1, -0.05) is 18.7 Å². The highest BCUT2D eigenvalue weighted by Gasteiger charge is 2.26. The monoisotopic (exact) mass is 331 g/mol. The molecule has 1 aliphatic heterocycles. The quantitative estimate of drug-likeness (QED) is 0.794. The molecule has 1 fully saturated rings. The fraction of sp³-hybridized carbons (Fsp3) is 0.611. The average molecular weight is 331 g/mol. The smallest absolute Gasteiger partial charge is 0.235 e. The Balaban J connectivity index is 2.16. The Hall–Kier alpha value is -1.54. The van der Waals surface area contributed by atoms with Crippen molar-refractivity contribution >= 4 is 17.7 Å². The maximum Gasteiger partial charge on any atom is 0.235 e. The van der Waals surface area contributed by atoms with E-state index in [4.69, 9.17) is 0 Å². The van der Waals surface area contributed by atoms with Gasteiger partial charge in [-0.3, -0.25) is 4.79 Å². The maximum atomic E-state index is 12.6. The Bertz CT molecular complexity index is 643. The van der Waals surface area contributed by atoms with E-state index in [-0.39, 0.29) is 11.2 Å². The molecule has 23 heavy (non-hydrogen) atoms. The molecule has 124 valence electrons. The summed E-state index contributed by atoms with van der Waals surface area (Å²) in [5.74, 6) is 0.861. The van der Waals surface area contributed by atoms with Gasteiger partial charge < -0.3 is 4.90 Å². The Morgan fingerprint density at radius 1 is 1.30 bits per heavy atom. The molecule has 4 nitrogen and oxygen atoms in total. The van der Waals surface area contributed by atoms with Crippen LogP contribution < -0.4 is 0 Å². The summed E-state index contributed by atoms with van der Waals surface area (Å²) in [6.45, 7) is 11.7. The molecule has 5 heteroatoms. The van der Waals surface area contributed by atoms with Crippen LogP contribution in [0, 0.1) is 38.0 Å². The van der Waals surface area contributed by atoms with E-state index in [9.17, 15) is 10.1 Å². The first kappa shape index (κ1) is 17.8. The minimum Gasteiger partial charge on any atom is -0.342 e. The molecule has 1 aliphatic rings. The number of aromatic nitrogens is 1. The van der Waals surface area contributed by atoms with Crippen LogP contribution in [0.15, 0.2) is 5.03 Å². The van der Waals surface area contributed by atoms with Crippen molar-refractivity contribution in [1.29, 1.82) is 5.26 Å². The van der Waals surface area contributed by atoms with Crippen molar-refractivity contribution in [2.75, 3.05) is 13.1 Å². The fourth-order valence-corrected chi connectivity index (χ4v) is 3.92. The van der Waals surface area contributed by atoms with Crippen LogP contribution in [0.2, 0.25) is 0 Å². The molecule has 0 bridgehead atoms. The van der Waals surface area contributed by atoms with Gasteiger partial charge in [-0.05, 0) is 57.6 Å². The van der Waals surface area contributed by atoms with Crippen LogP contribution in [-0.2, 0) is 4.79 Å². The lowest BCUT2D eigenvalue weighted by Crippen LogP contribution is -2.41. The van der Waals surface area contributed by atoms with Crippen molar-refractivity contribution in [3.8, 4) is 6.07 Å². The molecule has 0 aliphatic carbocycles. The SMILES string of the molecule is Cc1nc(SC(C)C(=O)N2CCC(C)CC2)c(C#N)c(C)c1C. The van der Waals surface area contributed by atoms with Crippen LogP contribution in [0.25, 0.3) is 0 Å². The Kier molecular flexibility index (Phi) is 5.69. The van der Waals surface area contributed by atoms with Gasteiger partial charge in [0, 0.05) is 18.8 Å². The van der Waals surface area contributed by atoms with Gasteiger partial charge >= 0.3 is 0 Å². The lowest BCUT2D eigenvalue weighted by Gasteiger charge is -2.32. The Labute approximate surface area is 143 Å². The van der Waals surface area contributed by atoms with E-state index in [1.165, 1.54) is 11.8 Å². The van der Waals surface area contributed by atoms with Crippen molar-refractivity contribution in [3.63, 3.8) is 0 Å². The maximum absolute atomic E-state index is 12.6. The number of rotatable bonds is 3. The largest absolute Gasteiger partial charge is 0.342 e. The lowest BCUT2D eigenvalue weighted by molar-refractivity contribution is -0.131. The summed E-state index contributed by atoms with van der Waals surface area (Å²) in [6, 6.07) is 2.25. The molecular weight excluding hydrogens is 306 g/mol. The van der Waals surface area contributed by atoms with Crippen molar-refractivity contribution in [3.05, 3.63) is 22.4 Å². The highest BCUT2D eigenvalue weighted by molar-refractivity contribution is 8.00. The first-order chi connectivity index (χ1) is 10.8. The third-order valence-electron chi connectivity index (χ3n) is 4.81. The Morgan fingerprint density at radius 3 is 2.48 bits per heavy atom. The summed E-state index contributed by atoms with van der Waals surface area (Å²) in [5, 5.41) is 9.91. The van der Waals surface area contributed by atoms with Crippen LogP contribution in [-0.4, -0.2) is 34.1 Å². The zero-order valence-corrected chi connectivity index (χ0v) is 15.5. The van der Waals surface area contributed by atoms with E-state index in [1.54, 1.807) is 0 Å². The Morgan fingerprint density at radius 2 is 1.91 bits per heavy atom. The number of nitrogens with zero attached hydrogens (tertiary/aromatic N) is 3.